The summed E-state index contributed by atoms with van der Waals surface area (Å²) in [5.41, 5.74) is 2.81. The lowest BCUT2D eigenvalue weighted by atomic mass is 10.1. The molecule has 0 aliphatic heterocycles. The second kappa shape index (κ2) is 10.6. The first-order valence-corrected chi connectivity index (χ1v) is 11.9. The summed E-state index contributed by atoms with van der Waals surface area (Å²) in [4.78, 5) is 28.3. The van der Waals surface area contributed by atoms with Gasteiger partial charge in [0.05, 0.1) is 12.6 Å². The molecule has 0 radical (unpaired) electrons. The molecule has 3 N–H and O–H groups in total. The van der Waals surface area contributed by atoms with Gasteiger partial charge in [0.15, 0.2) is 5.69 Å². The number of H-pyrrole nitrogens is 1. The largest absolute Gasteiger partial charge is 0.497 e. The molecule has 3 aromatic carbocycles. The van der Waals surface area contributed by atoms with Crippen LogP contribution in [0.3, 0.4) is 0 Å². The number of methoxy groups -OCH3 is 1. The van der Waals surface area contributed by atoms with Crippen LogP contribution in [0.15, 0.2) is 83.2 Å². The van der Waals surface area contributed by atoms with Crippen molar-refractivity contribution < 1.29 is 23.8 Å². The number of amides is 2. The standard InChI is InChI=1S/C28H24FN5O4/c1-38-20-10-11-23-22(14-20)18(15-31-23)12-13-30-25(35)16-34-24-5-3-2-4-21(24)26(28(34)37)32-33-27(36)17-6-8-19(29)9-7-17/h2-11,14-15,31,37H,12-13,16H2,1H3,(H,30,35). The van der Waals surface area contributed by atoms with Crippen molar-refractivity contribution in [2.45, 2.75) is 13.0 Å². The average Bonchev–Trinajstić information content (AvgIpc) is 3.45. The van der Waals surface area contributed by atoms with Crippen LogP contribution >= 0.6 is 0 Å². The van der Waals surface area contributed by atoms with Crippen LogP contribution in [0.5, 0.6) is 11.6 Å². The molecule has 2 aromatic heterocycles. The van der Waals surface area contributed by atoms with Gasteiger partial charge in [-0.3, -0.25) is 9.59 Å². The summed E-state index contributed by atoms with van der Waals surface area (Å²) in [5, 5.41) is 23.0. The van der Waals surface area contributed by atoms with Crippen LogP contribution in [0.4, 0.5) is 10.1 Å². The number of nitrogens with zero attached hydrogens (tertiary/aromatic N) is 3. The highest BCUT2D eigenvalue weighted by molar-refractivity contribution is 5.98. The zero-order valence-electron chi connectivity index (χ0n) is 20.4. The summed E-state index contributed by atoms with van der Waals surface area (Å²) < 4.78 is 19.9. The predicted octanol–water partition coefficient (Wildman–Crippen LogP) is 5.26. The van der Waals surface area contributed by atoms with Gasteiger partial charge in [0.1, 0.15) is 18.1 Å². The van der Waals surface area contributed by atoms with Crippen LogP contribution < -0.4 is 10.1 Å². The third kappa shape index (κ3) is 4.96. The lowest BCUT2D eigenvalue weighted by molar-refractivity contribution is -0.121. The van der Waals surface area contributed by atoms with Gasteiger partial charge in [-0.1, -0.05) is 18.2 Å². The minimum Gasteiger partial charge on any atom is -0.497 e. The van der Waals surface area contributed by atoms with E-state index < -0.39 is 11.7 Å². The molecule has 5 aromatic rings. The molecule has 0 saturated carbocycles. The highest BCUT2D eigenvalue weighted by Gasteiger charge is 2.19. The molecule has 0 atom stereocenters. The molecule has 0 bridgehead atoms. The van der Waals surface area contributed by atoms with Gasteiger partial charge in [0.2, 0.25) is 11.8 Å². The number of aromatic amines is 1. The van der Waals surface area contributed by atoms with Gasteiger partial charge in [-0.15, -0.1) is 10.2 Å². The zero-order chi connectivity index (χ0) is 26.6. The van der Waals surface area contributed by atoms with Crippen molar-refractivity contribution in [2.24, 2.45) is 10.2 Å². The van der Waals surface area contributed by atoms with Crippen LogP contribution in [-0.4, -0.2) is 40.1 Å². The summed E-state index contributed by atoms with van der Waals surface area (Å²) >= 11 is 0. The molecular weight excluding hydrogens is 489 g/mol. The van der Waals surface area contributed by atoms with E-state index in [9.17, 15) is 19.1 Å². The molecule has 192 valence electrons. The minimum absolute atomic E-state index is 0.0663. The van der Waals surface area contributed by atoms with Gasteiger partial charge in [0.25, 0.3) is 5.91 Å². The Hall–Kier alpha value is -4.99. The molecule has 5 rings (SSSR count). The summed E-state index contributed by atoms with van der Waals surface area (Å²) in [6.07, 6.45) is 2.51. The third-order valence-corrected chi connectivity index (χ3v) is 6.24. The molecule has 0 aliphatic rings. The fraction of sp³-hybridized carbons (Fsp3) is 0.143. The van der Waals surface area contributed by atoms with Crippen molar-refractivity contribution >= 4 is 39.3 Å². The van der Waals surface area contributed by atoms with Crippen LogP contribution in [0, 0.1) is 5.82 Å². The summed E-state index contributed by atoms with van der Waals surface area (Å²) in [5.74, 6) is -0.997. The van der Waals surface area contributed by atoms with Crippen LogP contribution in [0.2, 0.25) is 0 Å². The van der Waals surface area contributed by atoms with Crippen LogP contribution in [-0.2, 0) is 17.8 Å². The fourth-order valence-electron chi connectivity index (χ4n) is 4.30. The lowest BCUT2D eigenvalue weighted by Crippen LogP contribution is -2.29. The van der Waals surface area contributed by atoms with Crippen LogP contribution in [0.25, 0.3) is 21.8 Å². The maximum atomic E-state index is 13.1. The van der Waals surface area contributed by atoms with Crippen molar-refractivity contribution in [2.75, 3.05) is 13.7 Å². The number of aromatic nitrogens is 2. The summed E-state index contributed by atoms with van der Waals surface area (Å²) in [6, 6.07) is 17.7. The van der Waals surface area contributed by atoms with E-state index in [-0.39, 0.29) is 29.6 Å². The van der Waals surface area contributed by atoms with E-state index in [1.165, 1.54) is 16.7 Å². The van der Waals surface area contributed by atoms with Crippen LogP contribution in [0.1, 0.15) is 15.9 Å². The Kier molecular flexibility index (Phi) is 6.86. The van der Waals surface area contributed by atoms with Gasteiger partial charge >= 0.3 is 0 Å². The summed E-state index contributed by atoms with van der Waals surface area (Å²) in [6.45, 7) is 0.233. The number of hydrogen-bond acceptors (Lipinski definition) is 5. The number of carbonyl (C=O) groups excluding carboxylic acids is 2. The number of hydrogen-bond donors (Lipinski definition) is 3. The molecule has 2 heterocycles. The Labute approximate surface area is 216 Å². The second-order valence-electron chi connectivity index (χ2n) is 8.61. The molecule has 0 fully saturated rings. The lowest BCUT2D eigenvalue weighted by Gasteiger charge is -2.08. The van der Waals surface area contributed by atoms with E-state index in [1.54, 1.807) is 31.4 Å². The number of rotatable bonds is 8. The number of azo groups is 1. The molecule has 38 heavy (non-hydrogen) atoms. The Morgan fingerprint density at radius 1 is 1.08 bits per heavy atom. The number of aromatic hydroxyl groups is 1. The topological polar surface area (TPSA) is 121 Å². The van der Waals surface area contributed by atoms with E-state index in [4.69, 9.17) is 4.74 Å². The van der Waals surface area contributed by atoms with Gasteiger partial charge in [-0.05, 0) is 60.5 Å². The number of ether oxygens (including phenoxy) is 1. The van der Waals surface area contributed by atoms with E-state index in [2.05, 4.69) is 20.5 Å². The first-order valence-electron chi connectivity index (χ1n) is 11.9. The molecule has 0 aliphatic carbocycles. The Morgan fingerprint density at radius 2 is 1.87 bits per heavy atom. The van der Waals surface area contributed by atoms with E-state index in [0.717, 1.165) is 34.3 Å². The predicted molar refractivity (Wildman–Crippen MR) is 140 cm³/mol. The number of halogens is 1. The van der Waals surface area contributed by atoms with Gasteiger partial charge in [-0.25, -0.2) is 4.39 Å². The number of benzene rings is 3. The Balaban J connectivity index is 1.29. The highest BCUT2D eigenvalue weighted by Crippen LogP contribution is 2.38. The molecule has 2 amide bonds. The minimum atomic E-state index is -0.686. The quantitative estimate of drug-likeness (QED) is 0.245. The number of nitrogens with one attached hydrogen (secondary N) is 2. The van der Waals surface area contributed by atoms with Gasteiger partial charge < -0.3 is 24.7 Å². The first-order chi connectivity index (χ1) is 18.4. The normalized spacial score (nSPS) is 11.4. The maximum Gasteiger partial charge on any atom is 0.295 e. The number of fused-ring (bicyclic) bond motifs is 2. The van der Waals surface area contributed by atoms with Gasteiger partial charge in [0, 0.05) is 34.6 Å². The van der Waals surface area contributed by atoms with Crippen molar-refractivity contribution in [3.63, 3.8) is 0 Å². The van der Waals surface area contributed by atoms with Gasteiger partial charge in [-0.2, -0.15) is 0 Å². The van der Waals surface area contributed by atoms with Crippen molar-refractivity contribution in [3.05, 3.63) is 89.9 Å². The Morgan fingerprint density at radius 3 is 2.66 bits per heavy atom. The van der Waals surface area contributed by atoms with Crippen molar-refractivity contribution in [1.82, 2.24) is 14.9 Å². The SMILES string of the molecule is COc1ccc2[nH]cc(CCNC(=O)Cn3c(O)c(N=NC(=O)c4ccc(F)cc4)c4ccccc43)c2c1. The van der Waals surface area contributed by atoms with E-state index in [0.29, 0.717) is 23.9 Å². The monoisotopic (exact) mass is 513 g/mol. The highest BCUT2D eigenvalue weighted by atomic mass is 19.1. The third-order valence-electron chi connectivity index (χ3n) is 6.24. The second-order valence-corrected chi connectivity index (χ2v) is 8.61. The van der Waals surface area contributed by atoms with E-state index >= 15 is 0 Å². The smallest absolute Gasteiger partial charge is 0.295 e. The van der Waals surface area contributed by atoms with Crippen molar-refractivity contribution in [1.29, 1.82) is 0 Å². The average molecular weight is 514 g/mol. The number of para-hydroxylation sites is 1. The van der Waals surface area contributed by atoms with E-state index in [1.807, 2.05) is 24.4 Å². The maximum absolute atomic E-state index is 13.1. The molecular formula is C28H24FN5O4. The van der Waals surface area contributed by atoms with Crippen molar-refractivity contribution in [3.8, 4) is 11.6 Å². The first kappa shape index (κ1) is 24.7. The molecule has 9 nitrogen and oxygen atoms in total. The fourth-order valence-corrected chi connectivity index (χ4v) is 4.30. The molecule has 0 unspecified atom stereocenters. The summed E-state index contributed by atoms with van der Waals surface area (Å²) in [7, 11) is 1.62. The Bertz CT molecular complexity index is 1670. The zero-order valence-corrected chi connectivity index (χ0v) is 20.4. The molecule has 10 heteroatoms. The molecule has 0 spiro atoms. The number of carbonyl (C=O) groups is 2. The molecule has 0 saturated heterocycles.